The Morgan fingerprint density at radius 1 is 1.32 bits per heavy atom. The van der Waals surface area contributed by atoms with E-state index >= 15 is 0 Å². The molecule has 1 atom stereocenters. The standard InChI is InChI=1S/C15H23NO3/c1-18-14-3-4-15(19-2)13(9-14)11-16-7-5-12(10-16)6-8-17/h3-4,9,12,17H,5-8,10-11H2,1-2H3. The highest BCUT2D eigenvalue weighted by atomic mass is 16.5. The lowest BCUT2D eigenvalue weighted by Gasteiger charge is -2.18. The van der Waals surface area contributed by atoms with Crippen LogP contribution in [-0.4, -0.2) is 43.9 Å². The van der Waals surface area contributed by atoms with Crippen LogP contribution in [0.25, 0.3) is 0 Å². The predicted molar refractivity (Wildman–Crippen MR) is 74.6 cm³/mol. The highest BCUT2D eigenvalue weighted by Crippen LogP contribution is 2.28. The molecule has 1 N–H and O–H groups in total. The average Bonchev–Trinajstić information content (AvgIpc) is 2.86. The number of hydrogen-bond donors (Lipinski definition) is 1. The van der Waals surface area contributed by atoms with Crippen molar-refractivity contribution in [1.82, 2.24) is 4.90 Å². The largest absolute Gasteiger partial charge is 0.497 e. The summed E-state index contributed by atoms with van der Waals surface area (Å²) >= 11 is 0. The number of aliphatic hydroxyl groups is 1. The average molecular weight is 265 g/mol. The highest BCUT2D eigenvalue weighted by molar-refractivity contribution is 5.40. The van der Waals surface area contributed by atoms with E-state index in [0.717, 1.165) is 43.1 Å². The summed E-state index contributed by atoms with van der Waals surface area (Å²) in [4.78, 5) is 2.41. The molecule has 2 rings (SSSR count). The summed E-state index contributed by atoms with van der Waals surface area (Å²) in [6.07, 6.45) is 2.08. The minimum atomic E-state index is 0.293. The third kappa shape index (κ3) is 3.61. The lowest BCUT2D eigenvalue weighted by molar-refractivity contribution is 0.248. The Balaban J connectivity index is 2.02. The summed E-state index contributed by atoms with van der Waals surface area (Å²) in [5, 5.41) is 9.00. The fraction of sp³-hybridized carbons (Fsp3) is 0.600. The van der Waals surface area contributed by atoms with Gasteiger partial charge in [-0.05, 0) is 43.5 Å². The van der Waals surface area contributed by atoms with Gasteiger partial charge in [0.05, 0.1) is 14.2 Å². The molecule has 4 heteroatoms. The Morgan fingerprint density at radius 2 is 2.16 bits per heavy atom. The van der Waals surface area contributed by atoms with Crippen molar-refractivity contribution in [3.05, 3.63) is 23.8 Å². The van der Waals surface area contributed by atoms with Gasteiger partial charge in [0, 0.05) is 25.3 Å². The van der Waals surface area contributed by atoms with Gasteiger partial charge in [-0.1, -0.05) is 0 Å². The molecule has 19 heavy (non-hydrogen) atoms. The second-order valence-electron chi connectivity index (χ2n) is 5.08. The molecule has 1 aromatic carbocycles. The van der Waals surface area contributed by atoms with E-state index in [2.05, 4.69) is 4.90 Å². The summed E-state index contributed by atoms with van der Waals surface area (Å²) < 4.78 is 10.7. The van der Waals surface area contributed by atoms with Gasteiger partial charge in [0.1, 0.15) is 11.5 Å². The van der Waals surface area contributed by atoms with Crippen molar-refractivity contribution in [2.24, 2.45) is 5.92 Å². The lowest BCUT2D eigenvalue weighted by atomic mass is 10.1. The van der Waals surface area contributed by atoms with Crippen LogP contribution < -0.4 is 9.47 Å². The molecular formula is C15H23NO3. The number of methoxy groups -OCH3 is 2. The molecule has 1 fully saturated rings. The molecule has 1 unspecified atom stereocenters. The molecule has 0 bridgehead atoms. The normalized spacial score (nSPS) is 19.6. The first kappa shape index (κ1) is 14.2. The van der Waals surface area contributed by atoms with Crippen molar-refractivity contribution >= 4 is 0 Å². The number of hydrogen-bond acceptors (Lipinski definition) is 4. The first-order chi connectivity index (χ1) is 9.26. The summed E-state index contributed by atoms with van der Waals surface area (Å²) in [5.74, 6) is 2.40. The van der Waals surface area contributed by atoms with Crippen LogP contribution in [0.4, 0.5) is 0 Å². The third-order valence-electron chi connectivity index (χ3n) is 3.79. The molecule has 1 aromatic rings. The fourth-order valence-corrected chi connectivity index (χ4v) is 2.72. The highest BCUT2D eigenvalue weighted by Gasteiger charge is 2.22. The van der Waals surface area contributed by atoms with Crippen LogP contribution in [0.2, 0.25) is 0 Å². The minimum absolute atomic E-state index is 0.293. The Bertz CT molecular complexity index is 408. The molecule has 0 amide bonds. The molecule has 1 aliphatic heterocycles. The lowest BCUT2D eigenvalue weighted by Crippen LogP contribution is -2.20. The number of aliphatic hydroxyl groups excluding tert-OH is 1. The SMILES string of the molecule is COc1ccc(OC)c(CN2CCC(CCO)C2)c1. The van der Waals surface area contributed by atoms with E-state index in [-0.39, 0.29) is 0 Å². The first-order valence-electron chi connectivity index (χ1n) is 6.81. The van der Waals surface area contributed by atoms with Gasteiger partial charge in [0.15, 0.2) is 0 Å². The van der Waals surface area contributed by atoms with Gasteiger partial charge in [0.2, 0.25) is 0 Å². The number of rotatable bonds is 6. The topological polar surface area (TPSA) is 41.9 Å². The summed E-state index contributed by atoms with van der Waals surface area (Å²) in [6, 6.07) is 5.91. The Hall–Kier alpha value is -1.26. The summed E-state index contributed by atoms with van der Waals surface area (Å²) in [7, 11) is 3.38. The zero-order valence-corrected chi connectivity index (χ0v) is 11.8. The van der Waals surface area contributed by atoms with Gasteiger partial charge < -0.3 is 14.6 Å². The van der Waals surface area contributed by atoms with Gasteiger partial charge in [0.25, 0.3) is 0 Å². The van der Waals surface area contributed by atoms with Gasteiger partial charge in [-0.3, -0.25) is 4.90 Å². The maximum atomic E-state index is 9.00. The molecule has 0 aromatic heterocycles. The molecule has 1 saturated heterocycles. The molecule has 1 heterocycles. The predicted octanol–water partition coefficient (Wildman–Crippen LogP) is 1.91. The number of benzene rings is 1. The van der Waals surface area contributed by atoms with Gasteiger partial charge in [-0.25, -0.2) is 0 Å². The van der Waals surface area contributed by atoms with Crippen LogP contribution in [0.15, 0.2) is 18.2 Å². The van der Waals surface area contributed by atoms with Gasteiger partial charge >= 0.3 is 0 Å². The van der Waals surface area contributed by atoms with Gasteiger partial charge in [-0.2, -0.15) is 0 Å². The Morgan fingerprint density at radius 3 is 2.84 bits per heavy atom. The van der Waals surface area contributed by atoms with Crippen LogP contribution in [0.1, 0.15) is 18.4 Å². The maximum absolute atomic E-state index is 9.00. The zero-order valence-electron chi connectivity index (χ0n) is 11.8. The smallest absolute Gasteiger partial charge is 0.123 e. The van der Waals surface area contributed by atoms with Crippen LogP contribution in [-0.2, 0) is 6.54 Å². The maximum Gasteiger partial charge on any atom is 0.123 e. The minimum Gasteiger partial charge on any atom is -0.497 e. The monoisotopic (exact) mass is 265 g/mol. The second-order valence-corrected chi connectivity index (χ2v) is 5.08. The van der Waals surface area contributed by atoms with Crippen LogP contribution >= 0.6 is 0 Å². The fourth-order valence-electron chi connectivity index (χ4n) is 2.72. The molecule has 1 aliphatic rings. The number of ether oxygens (including phenoxy) is 2. The van der Waals surface area contributed by atoms with E-state index in [1.54, 1.807) is 14.2 Å². The second kappa shape index (κ2) is 6.78. The van der Waals surface area contributed by atoms with E-state index in [9.17, 15) is 0 Å². The third-order valence-corrected chi connectivity index (χ3v) is 3.79. The van der Waals surface area contributed by atoms with Crippen LogP contribution in [0.5, 0.6) is 11.5 Å². The van der Waals surface area contributed by atoms with E-state index in [1.165, 1.54) is 6.42 Å². The van der Waals surface area contributed by atoms with Crippen LogP contribution in [0.3, 0.4) is 0 Å². The summed E-state index contributed by atoms with van der Waals surface area (Å²) in [5.41, 5.74) is 1.16. The number of nitrogens with zero attached hydrogens (tertiary/aromatic N) is 1. The van der Waals surface area contributed by atoms with Crippen molar-refractivity contribution in [3.63, 3.8) is 0 Å². The van der Waals surface area contributed by atoms with Crippen molar-refractivity contribution in [2.45, 2.75) is 19.4 Å². The van der Waals surface area contributed by atoms with Crippen LogP contribution in [0, 0.1) is 5.92 Å². The Kier molecular flexibility index (Phi) is 5.05. The van der Waals surface area contributed by atoms with Crippen molar-refractivity contribution < 1.29 is 14.6 Å². The van der Waals surface area contributed by atoms with E-state index in [4.69, 9.17) is 14.6 Å². The Labute approximate surface area is 114 Å². The molecular weight excluding hydrogens is 242 g/mol. The van der Waals surface area contributed by atoms with Crippen molar-refractivity contribution in [3.8, 4) is 11.5 Å². The van der Waals surface area contributed by atoms with E-state index in [0.29, 0.717) is 12.5 Å². The first-order valence-corrected chi connectivity index (χ1v) is 6.81. The molecule has 106 valence electrons. The summed E-state index contributed by atoms with van der Waals surface area (Å²) in [6.45, 7) is 3.31. The molecule has 0 spiro atoms. The molecule has 4 nitrogen and oxygen atoms in total. The van der Waals surface area contributed by atoms with Gasteiger partial charge in [-0.15, -0.1) is 0 Å². The van der Waals surface area contributed by atoms with Crippen molar-refractivity contribution in [2.75, 3.05) is 33.9 Å². The molecule has 0 saturated carbocycles. The van der Waals surface area contributed by atoms with Crippen molar-refractivity contribution in [1.29, 1.82) is 0 Å². The number of likely N-dealkylation sites (tertiary alicyclic amines) is 1. The quantitative estimate of drug-likeness (QED) is 0.853. The molecule has 0 radical (unpaired) electrons. The van der Waals surface area contributed by atoms with E-state index in [1.807, 2.05) is 18.2 Å². The van der Waals surface area contributed by atoms with E-state index < -0.39 is 0 Å². The zero-order chi connectivity index (χ0) is 13.7. The molecule has 0 aliphatic carbocycles.